The highest BCUT2D eigenvalue weighted by Gasteiger charge is 2.29. The van der Waals surface area contributed by atoms with E-state index in [1.165, 1.54) is 0 Å². The Balaban J connectivity index is 3.08. The zero-order chi connectivity index (χ0) is 17.8. The summed E-state index contributed by atoms with van der Waals surface area (Å²) in [5.41, 5.74) is 0. The molecule has 0 spiro atoms. The molecule has 0 aliphatic heterocycles. The van der Waals surface area contributed by atoms with Gasteiger partial charge in [-0.2, -0.15) is 13.5 Å². The molecule has 130 valence electrons. The highest BCUT2D eigenvalue weighted by Crippen LogP contribution is 2.28. The van der Waals surface area contributed by atoms with Gasteiger partial charge in [0.2, 0.25) is 10.0 Å². The Kier molecular flexibility index (Phi) is 6.72. The van der Waals surface area contributed by atoms with Crippen LogP contribution in [0.1, 0.15) is 20.3 Å². The number of sulfonamides is 1. The quantitative estimate of drug-likeness (QED) is 0.733. The number of alkyl halides is 2. The number of nitrogens with one attached hydrogen (secondary N) is 1. The maximum Gasteiger partial charge on any atom is 0.387 e. The van der Waals surface area contributed by atoms with Crippen molar-refractivity contribution in [1.82, 2.24) is 4.72 Å². The van der Waals surface area contributed by atoms with Gasteiger partial charge in [-0.1, -0.05) is 31.9 Å². The van der Waals surface area contributed by atoms with Gasteiger partial charge in [0.1, 0.15) is 11.8 Å². The molecule has 0 saturated carbocycles. The second-order valence-corrected chi connectivity index (χ2v) is 6.91. The van der Waals surface area contributed by atoms with E-state index in [0.717, 1.165) is 18.2 Å². The number of rotatable bonds is 8. The molecule has 2 atom stereocenters. The summed E-state index contributed by atoms with van der Waals surface area (Å²) >= 11 is 5.70. The number of benzene rings is 1. The average Bonchev–Trinajstić information content (AvgIpc) is 2.45. The molecule has 2 N–H and O–H groups in total. The molecule has 1 aromatic rings. The van der Waals surface area contributed by atoms with Gasteiger partial charge in [0.15, 0.2) is 0 Å². The minimum absolute atomic E-state index is 0.330. The van der Waals surface area contributed by atoms with Gasteiger partial charge in [-0.3, -0.25) is 4.79 Å². The molecule has 10 heteroatoms. The van der Waals surface area contributed by atoms with Crippen molar-refractivity contribution in [2.75, 3.05) is 0 Å². The molecule has 0 heterocycles. The molecule has 0 unspecified atom stereocenters. The fourth-order valence-electron chi connectivity index (χ4n) is 1.72. The third kappa shape index (κ3) is 5.29. The van der Waals surface area contributed by atoms with Crippen molar-refractivity contribution < 1.29 is 31.8 Å². The molecule has 0 fully saturated rings. The zero-order valence-electron chi connectivity index (χ0n) is 12.3. The first-order valence-electron chi connectivity index (χ1n) is 6.58. The summed E-state index contributed by atoms with van der Waals surface area (Å²) in [6.07, 6.45) is 0.446. The van der Waals surface area contributed by atoms with Crippen LogP contribution in [0, 0.1) is 5.92 Å². The van der Waals surface area contributed by atoms with Gasteiger partial charge < -0.3 is 9.84 Å². The van der Waals surface area contributed by atoms with Gasteiger partial charge in [-0.15, -0.1) is 0 Å². The summed E-state index contributed by atoms with van der Waals surface area (Å²) < 4.78 is 54.9. The minimum atomic E-state index is -4.19. The van der Waals surface area contributed by atoms with Crippen molar-refractivity contribution >= 4 is 27.6 Å². The monoisotopic (exact) mass is 371 g/mol. The van der Waals surface area contributed by atoms with Gasteiger partial charge in [0.25, 0.3) is 0 Å². The SMILES string of the molecule is CC[C@H](C)[C@H](NS(=O)(=O)c1ccc(OC(F)F)c(Cl)c1)C(=O)O. The van der Waals surface area contributed by atoms with Crippen LogP contribution in [0.5, 0.6) is 5.75 Å². The first-order chi connectivity index (χ1) is 10.6. The van der Waals surface area contributed by atoms with Crippen LogP contribution >= 0.6 is 11.6 Å². The van der Waals surface area contributed by atoms with E-state index in [1.54, 1.807) is 13.8 Å². The van der Waals surface area contributed by atoms with Crippen LogP contribution in [0.2, 0.25) is 5.02 Å². The van der Waals surface area contributed by atoms with Crippen LogP contribution in [-0.2, 0) is 14.8 Å². The largest absolute Gasteiger partial charge is 0.480 e. The molecular weight excluding hydrogens is 356 g/mol. The summed E-state index contributed by atoms with van der Waals surface area (Å²) in [5, 5.41) is 8.80. The minimum Gasteiger partial charge on any atom is -0.480 e. The van der Waals surface area contributed by atoms with Gasteiger partial charge in [-0.05, 0) is 24.1 Å². The molecular formula is C13H16ClF2NO5S. The lowest BCUT2D eigenvalue weighted by Gasteiger charge is -2.20. The van der Waals surface area contributed by atoms with E-state index in [0.29, 0.717) is 6.42 Å². The van der Waals surface area contributed by atoms with E-state index >= 15 is 0 Å². The average molecular weight is 372 g/mol. The standard InChI is InChI=1S/C13H16ClF2NO5S/c1-3-7(2)11(12(18)19)17-23(20,21)8-4-5-10(9(14)6-8)22-13(15)16/h4-7,11,13,17H,3H2,1-2H3,(H,18,19)/t7-,11-/m0/s1. The van der Waals surface area contributed by atoms with E-state index < -0.39 is 34.6 Å². The van der Waals surface area contributed by atoms with Crippen LogP contribution in [0.15, 0.2) is 23.1 Å². The second-order valence-electron chi connectivity index (χ2n) is 4.79. The Morgan fingerprint density at radius 3 is 2.48 bits per heavy atom. The number of aliphatic carboxylic acids is 1. The Morgan fingerprint density at radius 2 is 2.04 bits per heavy atom. The molecule has 0 bridgehead atoms. The molecule has 6 nitrogen and oxygen atoms in total. The lowest BCUT2D eigenvalue weighted by molar-refractivity contribution is -0.140. The van der Waals surface area contributed by atoms with Gasteiger partial charge >= 0.3 is 12.6 Å². The molecule has 0 amide bonds. The van der Waals surface area contributed by atoms with E-state index in [2.05, 4.69) is 9.46 Å². The molecule has 1 aromatic carbocycles. The van der Waals surface area contributed by atoms with Crippen LogP contribution in [0.4, 0.5) is 8.78 Å². The number of ether oxygens (including phenoxy) is 1. The normalized spacial score (nSPS) is 14.5. The van der Waals surface area contributed by atoms with Gasteiger partial charge in [-0.25, -0.2) is 8.42 Å². The number of hydrogen-bond donors (Lipinski definition) is 2. The number of hydrogen-bond acceptors (Lipinski definition) is 4. The van der Waals surface area contributed by atoms with Crippen molar-refractivity contribution in [1.29, 1.82) is 0 Å². The Bertz CT molecular complexity index is 668. The summed E-state index contributed by atoms with van der Waals surface area (Å²) in [4.78, 5) is 10.8. The first-order valence-corrected chi connectivity index (χ1v) is 8.44. The predicted octanol–water partition coefficient (Wildman–Crippen LogP) is 2.72. The smallest absolute Gasteiger partial charge is 0.387 e. The first kappa shape index (κ1) is 19.6. The summed E-state index contributed by atoms with van der Waals surface area (Å²) in [7, 11) is -4.19. The second kappa shape index (κ2) is 7.89. The maximum atomic E-state index is 12.2. The molecule has 0 aliphatic carbocycles. The number of carboxylic acids is 1. The predicted molar refractivity (Wildman–Crippen MR) is 79.3 cm³/mol. The zero-order valence-corrected chi connectivity index (χ0v) is 13.9. The third-order valence-corrected chi connectivity index (χ3v) is 4.92. The highest BCUT2D eigenvalue weighted by molar-refractivity contribution is 7.89. The van der Waals surface area contributed by atoms with E-state index in [1.807, 2.05) is 0 Å². The van der Waals surface area contributed by atoms with E-state index in [4.69, 9.17) is 16.7 Å². The fraction of sp³-hybridized carbons (Fsp3) is 0.462. The van der Waals surface area contributed by atoms with Gasteiger partial charge in [0.05, 0.1) is 9.92 Å². The molecule has 0 saturated heterocycles. The summed E-state index contributed by atoms with van der Waals surface area (Å²) in [6.45, 7) is 0.214. The summed E-state index contributed by atoms with van der Waals surface area (Å²) in [6, 6.07) is 1.57. The van der Waals surface area contributed by atoms with Crippen LogP contribution < -0.4 is 9.46 Å². The van der Waals surface area contributed by atoms with Crippen LogP contribution in [-0.4, -0.2) is 32.1 Å². The van der Waals surface area contributed by atoms with Crippen LogP contribution in [0.3, 0.4) is 0 Å². The van der Waals surface area contributed by atoms with Gasteiger partial charge in [0, 0.05) is 0 Å². The Morgan fingerprint density at radius 1 is 1.43 bits per heavy atom. The summed E-state index contributed by atoms with van der Waals surface area (Å²) in [5.74, 6) is -2.14. The fourth-order valence-corrected chi connectivity index (χ4v) is 3.33. The number of carboxylic acid groups (broad SMARTS) is 1. The lowest BCUT2D eigenvalue weighted by atomic mass is 10.0. The Labute approximate surface area is 137 Å². The molecule has 1 rings (SSSR count). The van der Waals surface area contributed by atoms with Crippen molar-refractivity contribution in [2.24, 2.45) is 5.92 Å². The number of halogens is 3. The van der Waals surface area contributed by atoms with Crippen molar-refractivity contribution in [3.8, 4) is 5.75 Å². The number of carbonyl (C=O) groups is 1. The topological polar surface area (TPSA) is 92.7 Å². The van der Waals surface area contributed by atoms with Crippen molar-refractivity contribution in [2.45, 2.75) is 37.8 Å². The molecule has 0 radical (unpaired) electrons. The van der Waals surface area contributed by atoms with Crippen molar-refractivity contribution in [3.05, 3.63) is 23.2 Å². The highest BCUT2D eigenvalue weighted by atomic mass is 35.5. The molecule has 23 heavy (non-hydrogen) atoms. The van der Waals surface area contributed by atoms with E-state index in [-0.39, 0.29) is 15.7 Å². The molecule has 0 aliphatic rings. The van der Waals surface area contributed by atoms with E-state index in [9.17, 15) is 22.0 Å². The Hall–Kier alpha value is -1.45. The van der Waals surface area contributed by atoms with Crippen LogP contribution in [0.25, 0.3) is 0 Å². The molecule has 0 aromatic heterocycles. The lowest BCUT2D eigenvalue weighted by Crippen LogP contribution is -2.44. The third-order valence-electron chi connectivity index (χ3n) is 3.19. The maximum absolute atomic E-state index is 12.2. The van der Waals surface area contributed by atoms with Crippen molar-refractivity contribution in [3.63, 3.8) is 0 Å².